The standard InChI is InChI=1S/C12H9Cl2NO3.C3H10NO3P/c1-3-12(2)10(16)15(11(17)18-12)9-5-7(13)4-8(14)6-9;1-2-3(4)8(5,6)7/h3-6H,1H2,2H3;3H,2,4H2,1H3,(H2,5,6,7). The zero-order chi connectivity index (χ0) is 20.3. The fourth-order valence-electron chi connectivity index (χ4n) is 1.83. The average molecular weight is 425 g/mol. The maximum absolute atomic E-state index is 12.1. The van der Waals surface area contributed by atoms with E-state index in [-0.39, 0.29) is 5.69 Å². The number of anilines is 1. The van der Waals surface area contributed by atoms with Crippen molar-refractivity contribution in [2.45, 2.75) is 31.7 Å². The van der Waals surface area contributed by atoms with Gasteiger partial charge >= 0.3 is 13.7 Å². The molecule has 0 radical (unpaired) electrons. The first-order chi connectivity index (χ1) is 11.9. The van der Waals surface area contributed by atoms with E-state index in [4.69, 9.17) is 43.5 Å². The molecule has 4 N–H and O–H groups in total. The molecule has 1 saturated heterocycles. The molecule has 0 saturated carbocycles. The SMILES string of the molecule is C=CC1(C)OC(=O)N(c2cc(Cl)cc(Cl)c2)C1=O.CCC(N)P(=O)(O)O. The molecule has 0 aliphatic carbocycles. The lowest BCUT2D eigenvalue weighted by atomic mass is 10.1. The Balaban J connectivity index is 0.000000359. The number of hydrogen-bond donors (Lipinski definition) is 3. The first-order valence-electron chi connectivity index (χ1n) is 7.33. The van der Waals surface area contributed by atoms with Gasteiger partial charge in [-0.2, -0.15) is 0 Å². The molecule has 2 atom stereocenters. The third-order valence-electron chi connectivity index (χ3n) is 3.45. The third kappa shape index (κ3) is 5.30. The van der Waals surface area contributed by atoms with Gasteiger partial charge in [0.05, 0.1) is 5.69 Å². The second kappa shape index (κ2) is 8.52. The summed E-state index contributed by atoms with van der Waals surface area (Å²) in [6.07, 6.45) is 0.810. The first kappa shape index (κ1) is 22.6. The van der Waals surface area contributed by atoms with E-state index in [1.807, 2.05) is 0 Å². The number of carbonyl (C=O) groups excluding carboxylic acids is 2. The van der Waals surface area contributed by atoms with Crippen molar-refractivity contribution in [2.24, 2.45) is 5.73 Å². The minimum Gasteiger partial charge on any atom is -0.428 e. The van der Waals surface area contributed by atoms with Crippen molar-refractivity contribution >= 4 is 48.5 Å². The number of ether oxygens (including phenoxy) is 1. The molecule has 1 aliphatic rings. The summed E-state index contributed by atoms with van der Waals surface area (Å²) in [5.41, 5.74) is 3.90. The van der Waals surface area contributed by atoms with Crippen LogP contribution in [0.1, 0.15) is 20.3 Å². The van der Waals surface area contributed by atoms with Gasteiger partial charge in [-0.25, -0.2) is 9.69 Å². The fourth-order valence-corrected chi connectivity index (χ4v) is 2.82. The molecule has 144 valence electrons. The number of nitrogens with two attached hydrogens (primary N) is 1. The third-order valence-corrected chi connectivity index (χ3v) is 5.12. The molecular formula is C15H19Cl2N2O6P. The van der Waals surface area contributed by atoms with Crippen LogP contribution in [0.25, 0.3) is 0 Å². The van der Waals surface area contributed by atoms with Gasteiger partial charge in [0, 0.05) is 10.0 Å². The topological polar surface area (TPSA) is 130 Å². The number of cyclic esters (lactones) is 1. The normalized spacial score (nSPS) is 21.0. The first-order valence-corrected chi connectivity index (χ1v) is 9.77. The zero-order valence-corrected chi connectivity index (χ0v) is 16.5. The van der Waals surface area contributed by atoms with E-state index in [0.29, 0.717) is 16.5 Å². The number of carbonyl (C=O) groups is 2. The molecular weight excluding hydrogens is 406 g/mol. The number of rotatable bonds is 4. The molecule has 2 unspecified atom stereocenters. The van der Waals surface area contributed by atoms with E-state index in [1.165, 1.54) is 31.2 Å². The van der Waals surface area contributed by atoms with Crippen molar-refractivity contribution < 1.29 is 28.7 Å². The fraction of sp³-hybridized carbons (Fsp3) is 0.333. The summed E-state index contributed by atoms with van der Waals surface area (Å²) in [4.78, 5) is 41.3. The van der Waals surface area contributed by atoms with Crippen LogP contribution in [0.2, 0.25) is 10.0 Å². The van der Waals surface area contributed by atoms with Gasteiger partial charge < -0.3 is 20.3 Å². The highest BCUT2D eigenvalue weighted by Gasteiger charge is 2.49. The van der Waals surface area contributed by atoms with Gasteiger partial charge in [0.25, 0.3) is 5.91 Å². The Morgan fingerprint density at radius 2 is 1.85 bits per heavy atom. The summed E-state index contributed by atoms with van der Waals surface area (Å²) in [7, 11) is -3.98. The molecule has 1 fully saturated rings. The molecule has 2 amide bonds. The highest BCUT2D eigenvalue weighted by molar-refractivity contribution is 7.52. The van der Waals surface area contributed by atoms with E-state index < -0.39 is 31.0 Å². The average Bonchev–Trinajstić information content (AvgIpc) is 2.75. The number of nitrogens with zero attached hydrogens (tertiary/aromatic N) is 1. The molecule has 26 heavy (non-hydrogen) atoms. The Morgan fingerprint density at radius 1 is 1.35 bits per heavy atom. The predicted molar refractivity (Wildman–Crippen MR) is 99.3 cm³/mol. The van der Waals surface area contributed by atoms with E-state index in [2.05, 4.69) is 6.58 Å². The predicted octanol–water partition coefficient (Wildman–Crippen LogP) is 3.28. The quantitative estimate of drug-likeness (QED) is 0.499. The van der Waals surface area contributed by atoms with Crippen LogP contribution in [-0.4, -0.2) is 33.2 Å². The lowest BCUT2D eigenvalue weighted by molar-refractivity contribution is -0.125. The van der Waals surface area contributed by atoms with Crippen molar-refractivity contribution in [3.63, 3.8) is 0 Å². The van der Waals surface area contributed by atoms with Crippen LogP contribution < -0.4 is 10.6 Å². The van der Waals surface area contributed by atoms with Crippen LogP contribution in [0.4, 0.5) is 10.5 Å². The largest absolute Gasteiger partial charge is 0.428 e. The Labute approximate surface area is 160 Å². The van der Waals surface area contributed by atoms with Crippen LogP contribution in [0.5, 0.6) is 0 Å². The maximum atomic E-state index is 12.1. The van der Waals surface area contributed by atoms with Gasteiger partial charge in [-0.3, -0.25) is 9.36 Å². The van der Waals surface area contributed by atoms with Crippen LogP contribution in [0.15, 0.2) is 30.9 Å². The van der Waals surface area contributed by atoms with Crippen molar-refractivity contribution in [3.8, 4) is 0 Å². The van der Waals surface area contributed by atoms with Gasteiger partial charge in [-0.05, 0) is 37.6 Å². The van der Waals surface area contributed by atoms with Gasteiger partial charge in [-0.1, -0.05) is 36.7 Å². The van der Waals surface area contributed by atoms with Crippen molar-refractivity contribution in [1.82, 2.24) is 0 Å². The van der Waals surface area contributed by atoms with Crippen molar-refractivity contribution in [2.75, 3.05) is 4.90 Å². The number of hydrogen-bond acceptors (Lipinski definition) is 5. The lowest BCUT2D eigenvalue weighted by Gasteiger charge is -2.15. The second-order valence-corrected chi connectivity index (χ2v) is 8.23. The van der Waals surface area contributed by atoms with Crippen LogP contribution in [0.3, 0.4) is 0 Å². The van der Waals surface area contributed by atoms with Gasteiger partial charge in [0.15, 0.2) is 0 Å². The van der Waals surface area contributed by atoms with Crippen LogP contribution >= 0.6 is 30.8 Å². The van der Waals surface area contributed by atoms with Crippen LogP contribution in [-0.2, 0) is 14.1 Å². The van der Waals surface area contributed by atoms with E-state index in [0.717, 1.165) is 4.90 Å². The summed E-state index contributed by atoms with van der Waals surface area (Å²) in [6.45, 7) is 6.58. The van der Waals surface area contributed by atoms with Crippen molar-refractivity contribution in [1.29, 1.82) is 0 Å². The summed E-state index contributed by atoms with van der Waals surface area (Å²) in [6, 6.07) is 4.42. The number of imide groups is 1. The molecule has 2 rings (SSSR count). The van der Waals surface area contributed by atoms with E-state index in [1.54, 1.807) is 6.92 Å². The number of amides is 2. The minimum absolute atomic E-state index is 0.271. The molecule has 1 aromatic rings. The number of benzene rings is 1. The monoisotopic (exact) mass is 424 g/mol. The second-order valence-electron chi connectivity index (χ2n) is 5.51. The molecule has 0 aromatic heterocycles. The highest BCUT2D eigenvalue weighted by Crippen LogP contribution is 2.39. The Hall–Kier alpha value is -1.41. The molecule has 0 spiro atoms. The minimum atomic E-state index is -3.98. The summed E-state index contributed by atoms with van der Waals surface area (Å²) in [5, 5.41) is 0.649. The molecule has 0 bridgehead atoms. The van der Waals surface area contributed by atoms with Gasteiger partial charge in [0.1, 0.15) is 5.78 Å². The van der Waals surface area contributed by atoms with Gasteiger partial charge in [-0.15, -0.1) is 0 Å². The molecule has 1 aromatic carbocycles. The Bertz CT molecular complexity index is 748. The summed E-state index contributed by atoms with van der Waals surface area (Å²) in [5.74, 6) is -1.51. The Kier molecular flexibility index (Phi) is 7.42. The molecule has 11 heteroatoms. The van der Waals surface area contributed by atoms with E-state index in [9.17, 15) is 14.2 Å². The molecule has 8 nitrogen and oxygen atoms in total. The Morgan fingerprint density at radius 3 is 2.15 bits per heavy atom. The molecule has 1 heterocycles. The van der Waals surface area contributed by atoms with E-state index >= 15 is 0 Å². The summed E-state index contributed by atoms with van der Waals surface area (Å²) >= 11 is 11.7. The van der Waals surface area contributed by atoms with Crippen LogP contribution in [0, 0.1) is 0 Å². The lowest BCUT2D eigenvalue weighted by Crippen LogP contribution is -2.37. The highest BCUT2D eigenvalue weighted by atomic mass is 35.5. The van der Waals surface area contributed by atoms with Crippen molar-refractivity contribution in [3.05, 3.63) is 40.9 Å². The number of halogens is 2. The zero-order valence-electron chi connectivity index (χ0n) is 14.1. The smallest absolute Gasteiger partial charge is 0.422 e. The maximum Gasteiger partial charge on any atom is 0.422 e. The van der Waals surface area contributed by atoms with Gasteiger partial charge in [0.2, 0.25) is 5.60 Å². The summed E-state index contributed by atoms with van der Waals surface area (Å²) < 4.78 is 15.1. The molecule has 1 aliphatic heterocycles.